The van der Waals surface area contributed by atoms with Gasteiger partial charge in [0.2, 0.25) is 11.8 Å². The van der Waals surface area contributed by atoms with E-state index in [1.807, 2.05) is 31.2 Å². The lowest BCUT2D eigenvalue weighted by molar-refractivity contribution is -0.138. The zero-order valence-electron chi connectivity index (χ0n) is 13.7. The number of rotatable bonds is 5. The van der Waals surface area contributed by atoms with Crippen LogP contribution in [0.2, 0.25) is 0 Å². The number of likely N-dealkylation sites (tertiary alicyclic amines) is 1. The Kier molecular flexibility index (Phi) is 4.88. The second kappa shape index (κ2) is 7.25. The molecule has 126 valence electrons. The van der Waals surface area contributed by atoms with Crippen LogP contribution >= 0.6 is 0 Å². The second-order valence-electron chi connectivity index (χ2n) is 5.99. The molecule has 1 aliphatic heterocycles. The van der Waals surface area contributed by atoms with E-state index in [0.717, 1.165) is 24.1 Å². The van der Waals surface area contributed by atoms with Crippen LogP contribution in [0, 0.1) is 0 Å². The number of nitrogens with zero attached hydrogens (tertiary/aromatic N) is 4. The molecule has 7 nitrogen and oxygen atoms in total. The highest BCUT2D eigenvalue weighted by molar-refractivity contribution is 5.85. The maximum absolute atomic E-state index is 12.2. The Morgan fingerprint density at radius 2 is 2.08 bits per heavy atom. The molecule has 1 unspecified atom stereocenters. The lowest BCUT2D eigenvalue weighted by Gasteiger charge is -2.26. The van der Waals surface area contributed by atoms with Crippen molar-refractivity contribution in [3.8, 4) is 5.69 Å². The molecule has 0 bridgehead atoms. The quantitative estimate of drug-likeness (QED) is 0.901. The topological polar surface area (TPSA) is 80.1 Å². The Hall–Kier alpha value is -2.70. The van der Waals surface area contributed by atoms with E-state index in [2.05, 4.69) is 15.4 Å². The van der Waals surface area contributed by atoms with Gasteiger partial charge in [0.05, 0.1) is 18.3 Å². The number of nitrogens with one attached hydrogen (secondary N) is 1. The third kappa shape index (κ3) is 3.79. The molecule has 1 aromatic carbocycles. The summed E-state index contributed by atoms with van der Waals surface area (Å²) in [6.07, 6.45) is 5.56. The van der Waals surface area contributed by atoms with Crippen molar-refractivity contribution in [2.45, 2.75) is 32.2 Å². The van der Waals surface area contributed by atoms with Crippen molar-refractivity contribution in [1.82, 2.24) is 25.0 Å². The van der Waals surface area contributed by atoms with E-state index in [0.29, 0.717) is 13.0 Å². The van der Waals surface area contributed by atoms with Crippen LogP contribution < -0.4 is 5.32 Å². The predicted octanol–water partition coefficient (Wildman–Crippen LogP) is 1.46. The first kappa shape index (κ1) is 16.2. The fourth-order valence-electron chi connectivity index (χ4n) is 2.83. The molecule has 0 saturated carbocycles. The Labute approximate surface area is 140 Å². The Morgan fingerprint density at radius 3 is 2.75 bits per heavy atom. The molecule has 1 saturated heterocycles. The molecule has 24 heavy (non-hydrogen) atoms. The summed E-state index contributed by atoms with van der Waals surface area (Å²) < 4.78 is 1.68. The summed E-state index contributed by atoms with van der Waals surface area (Å²) >= 11 is 0. The molecule has 2 amide bonds. The van der Waals surface area contributed by atoms with Crippen LogP contribution in [-0.4, -0.2) is 44.6 Å². The molecular weight excluding hydrogens is 306 g/mol. The summed E-state index contributed by atoms with van der Waals surface area (Å²) in [6, 6.07) is 7.64. The van der Waals surface area contributed by atoms with Gasteiger partial charge in [-0.25, -0.2) is 9.67 Å². The summed E-state index contributed by atoms with van der Waals surface area (Å²) in [5, 5.41) is 7.03. The maximum atomic E-state index is 12.2. The van der Waals surface area contributed by atoms with Gasteiger partial charge in [0.25, 0.3) is 0 Å². The lowest BCUT2D eigenvalue weighted by Crippen LogP contribution is -2.43. The van der Waals surface area contributed by atoms with Crippen molar-refractivity contribution in [3.05, 3.63) is 42.5 Å². The average molecular weight is 327 g/mol. The number of carbonyl (C=O) groups excluding carboxylic acids is 2. The van der Waals surface area contributed by atoms with Gasteiger partial charge in [0, 0.05) is 13.0 Å². The molecule has 1 N–H and O–H groups in total. The van der Waals surface area contributed by atoms with Crippen molar-refractivity contribution in [2.75, 3.05) is 13.1 Å². The Morgan fingerprint density at radius 1 is 1.29 bits per heavy atom. The van der Waals surface area contributed by atoms with Crippen molar-refractivity contribution in [3.63, 3.8) is 0 Å². The fourth-order valence-corrected chi connectivity index (χ4v) is 2.83. The SMILES string of the molecule is CC(NC(=O)CN1CCCCC1=O)c1ccc(-n2cncn2)cc1. The van der Waals surface area contributed by atoms with E-state index < -0.39 is 0 Å². The highest BCUT2D eigenvalue weighted by Crippen LogP contribution is 2.15. The minimum Gasteiger partial charge on any atom is -0.348 e. The van der Waals surface area contributed by atoms with Crippen LogP contribution in [0.4, 0.5) is 0 Å². The largest absolute Gasteiger partial charge is 0.348 e. The minimum atomic E-state index is -0.127. The van der Waals surface area contributed by atoms with E-state index in [1.165, 1.54) is 6.33 Å². The number of benzene rings is 1. The normalized spacial score (nSPS) is 16.0. The van der Waals surface area contributed by atoms with Gasteiger partial charge in [-0.1, -0.05) is 12.1 Å². The number of aromatic nitrogens is 3. The summed E-state index contributed by atoms with van der Waals surface area (Å²) in [5.41, 5.74) is 1.91. The van der Waals surface area contributed by atoms with E-state index >= 15 is 0 Å². The number of piperidine rings is 1. The van der Waals surface area contributed by atoms with Crippen LogP contribution in [0.3, 0.4) is 0 Å². The van der Waals surface area contributed by atoms with Crippen molar-refractivity contribution in [1.29, 1.82) is 0 Å². The van der Waals surface area contributed by atoms with Crippen LogP contribution in [-0.2, 0) is 9.59 Å². The molecule has 0 spiro atoms. The van der Waals surface area contributed by atoms with Crippen LogP contribution in [0.25, 0.3) is 5.69 Å². The lowest BCUT2D eigenvalue weighted by atomic mass is 10.1. The highest BCUT2D eigenvalue weighted by atomic mass is 16.2. The monoisotopic (exact) mass is 327 g/mol. The zero-order valence-corrected chi connectivity index (χ0v) is 13.7. The van der Waals surface area contributed by atoms with Crippen molar-refractivity contribution < 1.29 is 9.59 Å². The van der Waals surface area contributed by atoms with Crippen molar-refractivity contribution >= 4 is 11.8 Å². The molecular formula is C17H21N5O2. The Balaban J connectivity index is 1.57. The van der Waals surface area contributed by atoms with Crippen LogP contribution in [0.5, 0.6) is 0 Å². The number of hydrogen-bond acceptors (Lipinski definition) is 4. The van der Waals surface area contributed by atoms with E-state index in [1.54, 1.807) is 15.9 Å². The first-order chi connectivity index (χ1) is 11.6. The van der Waals surface area contributed by atoms with Gasteiger partial charge in [-0.3, -0.25) is 9.59 Å². The van der Waals surface area contributed by atoms with Gasteiger partial charge >= 0.3 is 0 Å². The van der Waals surface area contributed by atoms with Gasteiger partial charge in [-0.05, 0) is 37.5 Å². The van der Waals surface area contributed by atoms with Gasteiger partial charge in [0.15, 0.2) is 0 Å². The van der Waals surface area contributed by atoms with Crippen molar-refractivity contribution in [2.24, 2.45) is 0 Å². The number of hydrogen-bond donors (Lipinski definition) is 1. The maximum Gasteiger partial charge on any atom is 0.240 e. The van der Waals surface area contributed by atoms with Gasteiger partial charge in [0.1, 0.15) is 12.7 Å². The predicted molar refractivity (Wildman–Crippen MR) is 88.3 cm³/mol. The molecule has 2 heterocycles. The summed E-state index contributed by atoms with van der Waals surface area (Å²) in [7, 11) is 0. The van der Waals surface area contributed by atoms with Crippen LogP contribution in [0.1, 0.15) is 37.8 Å². The second-order valence-corrected chi connectivity index (χ2v) is 5.99. The number of carbonyl (C=O) groups is 2. The molecule has 7 heteroatoms. The standard InChI is InChI=1S/C17H21N5O2/c1-13(20-16(23)10-21-9-3-2-4-17(21)24)14-5-7-15(8-6-14)22-12-18-11-19-22/h5-8,11-13H,2-4,9-10H2,1H3,(H,20,23). The molecule has 1 aromatic heterocycles. The Bertz CT molecular complexity index is 696. The van der Waals surface area contributed by atoms with Crippen LogP contribution in [0.15, 0.2) is 36.9 Å². The average Bonchev–Trinajstić information content (AvgIpc) is 3.11. The van der Waals surface area contributed by atoms with Gasteiger partial charge in [-0.2, -0.15) is 5.10 Å². The number of amides is 2. The van der Waals surface area contributed by atoms with E-state index in [-0.39, 0.29) is 24.4 Å². The highest BCUT2D eigenvalue weighted by Gasteiger charge is 2.21. The third-order valence-corrected chi connectivity index (χ3v) is 4.21. The van der Waals surface area contributed by atoms with E-state index in [9.17, 15) is 9.59 Å². The summed E-state index contributed by atoms with van der Waals surface area (Å²) in [6.45, 7) is 2.74. The van der Waals surface area contributed by atoms with Gasteiger partial charge < -0.3 is 10.2 Å². The first-order valence-electron chi connectivity index (χ1n) is 8.15. The summed E-state index contributed by atoms with van der Waals surface area (Å²) in [4.78, 5) is 29.5. The molecule has 2 aromatic rings. The zero-order chi connectivity index (χ0) is 16.9. The molecule has 1 fully saturated rings. The van der Waals surface area contributed by atoms with E-state index in [4.69, 9.17) is 0 Å². The third-order valence-electron chi connectivity index (χ3n) is 4.21. The summed E-state index contributed by atoms with van der Waals surface area (Å²) in [5.74, 6) is -0.0562. The molecule has 0 aliphatic carbocycles. The first-order valence-corrected chi connectivity index (χ1v) is 8.15. The van der Waals surface area contributed by atoms with Gasteiger partial charge in [-0.15, -0.1) is 0 Å². The molecule has 0 radical (unpaired) electrons. The molecule has 1 aliphatic rings. The minimum absolute atomic E-state index is 0.0706. The molecule has 1 atom stereocenters. The fraction of sp³-hybridized carbons (Fsp3) is 0.412. The smallest absolute Gasteiger partial charge is 0.240 e. The molecule has 3 rings (SSSR count).